The summed E-state index contributed by atoms with van der Waals surface area (Å²) >= 11 is 6.25. The van der Waals surface area contributed by atoms with E-state index in [0.717, 1.165) is 60.9 Å². The second kappa shape index (κ2) is 10.1. The number of β-amino-alcohol motifs (C(OH)–C–C–N with tert-alkyl or cyclic N) is 1. The van der Waals surface area contributed by atoms with Crippen molar-refractivity contribution in [2.45, 2.75) is 13.0 Å². The number of fused-ring (bicyclic) bond motifs is 1. The van der Waals surface area contributed by atoms with E-state index in [1.165, 1.54) is 5.69 Å². The second-order valence-corrected chi connectivity index (χ2v) is 9.23. The van der Waals surface area contributed by atoms with Gasteiger partial charge in [0.25, 0.3) is 0 Å². The summed E-state index contributed by atoms with van der Waals surface area (Å²) in [5, 5.41) is 18.3. The molecule has 3 heterocycles. The minimum Gasteiger partial charge on any atom is -0.496 e. The number of aliphatic hydroxyl groups is 1. The van der Waals surface area contributed by atoms with Crippen LogP contribution in [-0.4, -0.2) is 70.5 Å². The molecule has 2 N–H and O–H groups in total. The number of hydrogen-bond donors (Lipinski definition) is 2. The lowest BCUT2D eigenvalue weighted by atomic mass is 10.1. The van der Waals surface area contributed by atoms with Gasteiger partial charge in [0.15, 0.2) is 0 Å². The highest BCUT2D eigenvalue weighted by Gasteiger charge is 2.18. The number of nitrogens with zero attached hydrogens (tertiary/aromatic N) is 5. The van der Waals surface area contributed by atoms with Gasteiger partial charge < -0.3 is 20.1 Å². The Kier molecular flexibility index (Phi) is 6.77. The van der Waals surface area contributed by atoms with E-state index in [1.54, 1.807) is 19.4 Å². The molecule has 0 unspecified atom stereocenters. The zero-order chi connectivity index (χ0) is 24.4. The molecule has 4 aromatic rings. The van der Waals surface area contributed by atoms with Crippen molar-refractivity contribution in [3.63, 3.8) is 0 Å². The summed E-state index contributed by atoms with van der Waals surface area (Å²) in [6.45, 7) is 6.37. The molecule has 2 aromatic carbocycles. The fourth-order valence-electron chi connectivity index (χ4n) is 4.49. The van der Waals surface area contributed by atoms with Gasteiger partial charge in [-0.3, -0.25) is 4.90 Å². The standard InChI is InChI=1S/C26H29ClN6O2/c1-18(34)17-31-11-13-32(14-12-31)21-6-4-20(5-7-21)29-26-28-16-22-8-9-24(33(22)30-26)23-15-19(27)3-10-25(23)35-2/h3-10,15-16,18,34H,11-14,17H2,1-2H3,(H,29,30)/t18-/m1/s1. The molecule has 1 atom stereocenters. The van der Waals surface area contributed by atoms with Crippen LogP contribution in [0.5, 0.6) is 5.75 Å². The zero-order valence-corrected chi connectivity index (χ0v) is 20.6. The Labute approximate surface area is 209 Å². The number of methoxy groups -OCH3 is 1. The fraction of sp³-hybridized carbons (Fsp3) is 0.308. The van der Waals surface area contributed by atoms with Gasteiger partial charge in [0, 0.05) is 54.7 Å². The van der Waals surface area contributed by atoms with Crippen LogP contribution >= 0.6 is 11.6 Å². The Morgan fingerprint density at radius 2 is 1.83 bits per heavy atom. The Morgan fingerprint density at radius 1 is 1.06 bits per heavy atom. The van der Waals surface area contributed by atoms with Crippen LogP contribution in [0.3, 0.4) is 0 Å². The number of aliphatic hydroxyl groups excluding tert-OH is 1. The number of aromatic nitrogens is 3. The van der Waals surface area contributed by atoms with Gasteiger partial charge in [-0.05, 0) is 61.5 Å². The minimum atomic E-state index is -0.288. The molecule has 0 saturated carbocycles. The van der Waals surface area contributed by atoms with Gasteiger partial charge in [-0.1, -0.05) is 11.6 Å². The highest BCUT2D eigenvalue weighted by molar-refractivity contribution is 6.31. The number of nitrogens with one attached hydrogen (secondary N) is 1. The molecule has 182 valence electrons. The number of rotatable bonds is 7. The third kappa shape index (κ3) is 5.19. The Bertz CT molecular complexity index is 1300. The fourth-order valence-corrected chi connectivity index (χ4v) is 4.66. The second-order valence-electron chi connectivity index (χ2n) is 8.79. The van der Waals surface area contributed by atoms with Crippen molar-refractivity contribution in [1.29, 1.82) is 0 Å². The van der Waals surface area contributed by atoms with Gasteiger partial charge >= 0.3 is 0 Å². The summed E-state index contributed by atoms with van der Waals surface area (Å²) in [7, 11) is 1.64. The van der Waals surface area contributed by atoms with Crippen molar-refractivity contribution in [2.75, 3.05) is 50.1 Å². The van der Waals surface area contributed by atoms with Crippen LogP contribution in [0.15, 0.2) is 60.8 Å². The highest BCUT2D eigenvalue weighted by atomic mass is 35.5. The van der Waals surface area contributed by atoms with Crippen molar-refractivity contribution in [2.24, 2.45) is 0 Å². The Hall–Kier alpha value is -3.33. The molecular formula is C26H29ClN6O2. The maximum atomic E-state index is 9.61. The first kappa shape index (κ1) is 23.4. The number of anilines is 3. The van der Waals surface area contributed by atoms with Crippen LogP contribution in [-0.2, 0) is 0 Å². The van der Waals surface area contributed by atoms with E-state index in [1.807, 2.05) is 47.8 Å². The molecule has 0 bridgehead atoms. The third-order valence-corrected chi connectivity index (χ3v) is 6.45. The van der Waals surface area contributed by atoms with Crippen LogP contribution in [0, 0.1) is 0 Å². The van der Waals surface area contributed by atoms with E-state index in [0.29, 0.717) is 11.0 Å². The summed E-state index contributed by atoms with van der Waals surface area (Å²) in [4.78, 5) is 9.15. The predicted octanol–water partition coefficient (Wildman–Crippen LogP) is 4.30. The lowest BCUT2D eigenvalue weighted by Crippen LogP contribution is -2.48. The van der Waals surface area contributed by atoms with E-state index in [-0.39, 0.29) is 6.10 Å². The average molecular weight is 493 g/mol. The molecule has 1 aliphatic rings. The van der Waals surface area contributed by atoms with E-state index < -0.39 is 0 Å². The number of hydrogen-bond acceptors (Lipinski definition) is 7. The van der Waals surface area contributed by atoms with Crippen LogP contribution < -0.4 is 15.0 Å². The normalized spacial score (nSPS) is 15.4. The number of halogens is 1. The van der Waals surface area contributed by atoms with Gasteiger partial charge in [-0.25, -0.2) is 9.50 Å². The molecule has 5 rings (SSSR count). The first-order valence-corrected chi connectivity index (χ1v) is 12.1. The molecule has 0 radical (unpaired) electrons. The molecule has 2 aromatic heterocycles. The largest absolute Gasteiger partial charge is 0.496 e. The van der Waals surface area contributed by atoms with Crippen LogP contribution in [0.4, 0.5) is 17.3 Å². The van der Waals surface area contributed by atoms with Crippen molar-refractivity contribution < 1.29 is 9.84 Å². The smallest absolute Gasteiger partial charge is 0.245 e. The quantitative estimate of drug-likeness (QED) is 0.398. The van der Waals surface area contributed by atoms with Crippen molar-refractivity contribution in [3.05, 3.63) is 65.8 Å². The number of ether oxygens (including phenoxy) is 1. The summed E-state index contributed by atoms with van der Waals surface area (Å²) in [6.07, 6.45) is 1.50. The molecule has 0 spiro atoms. The SMILES string of the molecule is COc1ccc(Cl)cc1-c1ccc2cnc(Nc3ccc(N4CCN(C[C@@H](C)O)CC4)cc3)nn12. The molecular weight excluding hydrogens is 464 g/mol. The maximum Gasteiger partial charge on any atom is 0.245 e. The monoisotopic (exact) mass is 492 g/mol. The number of piperazine rings is 1. The van der Waals surface area contributed by atoms with Crippen LogP contribution in [0.25, 0.3) is 16.8 Å². The topological polar surface area (TPSA) is 78.2 Å². The lowest BCUT2D eigenvalue weighted by Gasteiger charge is -2.36. The maximum absolute atomic E-state index is 9.61. The summed E-state index contributed by atoms with van der Waals surface area (Å²) in [5.74, 6) is 1.22. The molecule has 0 aliphatic carbocycles. The van der Waals surface area contributed by atoms with Gasteiger partial charge in [-0.15, -0.1) is 5.10 Å². The van der Waals surface area contributed by atoms with E-state index in [2.05, 4.69) is 32.2 Å². The van der Waals surface area contributed by atoms with Crippen LogP contribution in [0.1, 0.15) is 6.92 Å². The molecule has 8 nitrogen and oxygen atoms in total. The van der Waals surface area contributed by atoms with Crippen molar-refractivity contribution in [1.82, 2.24) is 19.5 Å². The highest BCUT2D eigenvalue weighted by Crippen LogP contribution is 2.33. The van der Waals surface area contributed by atoms with Crippen molar-refractivity contribution in [3.8, 4) is 17.0 Å². The van der Waals surface area contributed by atoms with Gasteiger partial charge in [0.05, 0.1) is 30.6 Å². The molecule has 1 saturated heterocycles. The average Bonchev–Trinajstić information content (AvgIpc) is 3.28. The summed E-state index contributed by atoms with van der Waals surface area (Å²) in [5.41, 5.74) is 4.70. The van der Waals surface area contributed by atoms with Gasteiger partial charge in [-0.2, -0.15) is 0 Å². The number of benzene rings is 2. The third-order valence-electron chi connectivity index (χ3n) is 6.22. The van der Waals surface area contributed by atoms with Crippen molar-refractivity contribution >= 4 is 34.4 Å². The minimum absolute atomic E-state index is 0.288. The van der Waals surface area contributed by atoms with E-state index in [4.69, 9.17) is 21.4 Å². The molecule has 35 heavy (non-hydrogen) atoms. The molecule has 1 fully saturated rings. The summed E-state index contributed by atoms with van der Waals surface area (Å²) in [6, 6.07) is 17.8. The Morgan fingerprint density at radius 3 is 2.54 bits per heavy atom. The molecule has 1 aliphatic heterocycles. The zero-order valence-electron chi connectivity index (χ0n) is 19.9. The van der Waals surface area contributed by atoms with Crippen LogP contribution in [0.2, 0.25) is 5.02 Å². The van der Waals surface area contributed by atoms with E-state index in [9.17, 15) is 5.11 Å². The molecule has 0 amide bonds. The molecule has 9 heteroatoms. The van der Waals surface area contributed by atoms with Gasteiger partial charge in [0.2, 0.25) is 5.95 Å². The lowest BCUT2D eigenvalue weighted by molar-refractivity contribution is 0.123. The predicted molar refractivity (Wildman–Crippen MR) is 140 cm³/mol. The Balaban J connectivity index is 1.32. The summed E-state index contributed by atoms with van der Waals surface area (Å²) < 4.78 is 7.37. The first-order valence-electron chi connectivity index (χ1n) is 11.7. The van der Waals surface area contributed by atoms with Gasteiger partial charge in [0.1, 0.15) is 5.75 Å². The van der Waals surface area contributed by atoms with E-state index >= 15 is 0 Å². The first-order chi connectivity index (χ1) is 17.0.